The summed E-state index contributed by atoms with van der Waals surface area (Å²) in [5, 5.41) is 15.8. The summed E-state index contributed by atoms with van der Waals surface area (Å²) < 4.78 is 0. The van der Waals surface area contributed by atoms with Gasteiger partial charge in [-0.3, -0.25) is 10.1 Å². The zero-order valence-electron chi connectivity index (χ0n) is 19.9. The molecular formula is C27H31N5O2. The van der Waals surface area contributed by atoms with Gasteiger partial charge in [0.25, 0.3) is 0 Å². The topological polar surface area (TPSA) is 84.2 Å². The Morgan fingerprint density at radius 2 is 1.62 bits per heavy atom. The number of nitrogens with zero attached hydrogens (tertiary/aromatic N) is 4. The van der Waals surface area contributed by atoms with Crippen molar-refractivity contribution in [2.75, 3.05) is 16.8 Å². The van der Waals surface area contributed by atoms with Crippen LogP contribution in [0.15, 0.2) is 67.0 Å². The van der Waals surface area contributed by atoms with Crippen LogP contribution in [0.2, 0.25) is 0 Å². The van der Waals surface area contributed by atoms with Crippen LogP contribution < -0.4 is 10.2 Å². The molecule has 1 aliphatic carbocycles. The first-order chi connectivity index (χ1) is 16.2. The van der Waals surface area contributed by atoms with Crippen molar-refractivity contribution in [2.24, 2.45) is 10.8 Å². The van der Waals surface area contributed by atoms with Crippen LogP contribution in [-0.4, -0.2) is 27.5 Å². The lowest BCUT2D eigenvalue weighted by molar-refractivity contribution is -0.383. The van der Waals surface area contributed by atoms with Gasteiger partial charge in [-0.1, -0.05) is 81.4 Å². The lowest BCUT2D eigenvalue weighted by Gasteiger charge is -2.39. The highest BCUT2D eigenvalue weighted by Gasteiger charge is 2.51. The maximum atomic E-state index is 12.4. The molecule has 0 radical (unpaired) electrons. The molecule has 0 amide bonds. The summed E-state index contributed by atoms with van der Waals surface area (Å²) in [6.45, 7) is 7.67. The summed E-state index contributed by atoms with van der Waals surface area (Å²) in [6, 6.07) is 19.9. The molecule has 2 fully saturated rings. The predicted octanol–water partition coefficient (Wildman–Crippen LogP) is 5.99. The smallest absolute Gasteiger partial charge is 0.353 e. The van der Waals surface area contributed by atoms with Crippen LogP contribution in [0.3, 0.4) is 0 Å². The van der Waals surface area contributed by atoms with E-state index in [1.165, 1.54) is 6.33 Å². The molecule has 2 aliphatic rings. The zero-order chi connectivity index (χ0) is 23.9. The fourth-order valence-electron chi connectivity index (χ4n) is 6.35. The average Bonchev–Trinajstić information content (AvgIpc) is 3.06. The van der Waals surface area contributed by atoms with Crippen molar-refractivity contribution in [3.63, 3.8) is 0 Å². The van der Waals surface area contributed by atoms with Gasteiger partial charge in [0.1, 0.15) is 6.33 Å². The van der Waals surface area contributed by atoms with E-state index < -0.39 is 0 Å². The second kappa shape index (κ2) is 8.38. The molecule has 1 saturated heterocycles. The molecule has 5 rings (SSSR count). The third-order valence-corrected chi connectivity index (χ3v) is 7.22. The Morgan fingerprint density at radius 1 is 1.00 bits per heavy atom. The van der Waals surface area contributed by atoms with E-state index in [4.69, 9.17) is 0 Å². The zero-order valence-corrected chi connectivity index (χ0v) is 19.9. The van der Waals surface area contributed by atoms with Crippen molar-refractivity contribution in [3.8, 4) is 0 Å². The van der Waals surface area contributed by atoms with Crippen molar-refractivity contribution >= 4 is 17.3 Å². The Hall–Kier alpha value is -3.48. The number of rotatable bonds is 6. The number of fused-ring (bicyclic) bond motifs is 2. The number of hydrogen-bond acceptors (Lipinski definition) is 6. The fourth-order valence-corrected chi connectivity index (χ4v) is 6.35. The molecule has 34 heavy (non-hydrogen) atoms. The van der Waals surface area contributed by atoms with Crippen molar-refractivity contribution in [3.05, 3.63) is 88.2 Å². The van der Waals surface area contributed by atoms with Crippen LogP contribution in [0.5, 0.6) is 0 Å². The summed E-state index contributed by atoms with van der Waals surface area (Å²) in [6.07, 6.45) is 4.61. The van der Waals surface area contributed by atoms with E-state index in [1.54, 1.807) is 0 Å². The maximum Gasteiger partial charge on any atom is 0.353 e. The quantitative estimate of drug-likeness (QED) is 0.361. The molecule has 176 valence electrons. The summed E-state index contributed by atoms with van der Waals surface area (Å²) in [7, 11) is 0. The number of anilines is 2. The highest BCUT2D eigenvalue weighted by atomic mass is 16.6. The largest absolute Gasteiger partial charge is 0.353 e. The molecular weight excluding hydrogens is 426 g/mol. The van der Waals surface area contributed by atoms with Gasteiger partial charge in [0.15, 0.2) is 0 Å². The third-order valence-electron chi connectivity index (χ3n) is 7.22. The maximum absolute atomic E-state index is 12.4. The molecule has 2 heterocycles. The van der Waals surface area contributed by atoms with E-state index in [2.05, 4.69) is 41.0 Å². The molecule has 1 aliphatic heterocycles. The van der Waals surface area contributed by atoms with Crippen LogP contribution in [-0.2, 0) is 0 Å². The van der Waals surface area contributed by atoms with Crippen LogP contribution in [0.4, 0.5) is 17.3 Å². The molecule has 3 aromatic rings. The van der Waals surface area contributed by atoms with Gasteiger partial charge in [-0.25, -0.2) is 9.97 Å². The highest BCUT2D eigenvalue weighted by Crippen LogP contribution is 2.54. The molecule has 1 aromatic heterocycles. The number of nitro groups is 1. The first-order valence-electron chi connectivity index (χ1n) is 11.9. The van der Waals surface area contributed by atoms with Crippen LogP contribution >= 0.6 is 0 Å². The van der Waals surface area contributed by atoms with E-state index in [-0.39, 0.29) is 39.3 Å². The molecule has 7 nitrogen and oxygen atoms in total. The van der Waals surface area contributed by atoms with E-state index in [0.717, 1.165) is 36.9 Å². The summed E-state index contributed by atoms with van der Waals surface area (Å²) in [5.74, 6) is 0.673. The molecule has 2 aromatic carbocycles. The van der Waals surface area contributed by atoms with E-state index in [9.17, 15) is 10.1 Å². The van der Waals surface area contributed by atoms with Crippen molar-refractivity contribution < 1.29 is 4.92 Å². The first-order valence-corrected chi connectivity index (χ1v) is 11.9. The predicted molar refractivity (Wildman–Crippen MR) is 134 cm³/mol. The number of hydrogen-bond donors (Lipinski definition) is 1. The third kappa shape index (κ3) is 4.22. The van der Waals surface area contributed by atoms with E-state index >= 15 is 0 Å². The second-order valence-corrected chi connectivity index (χ2v) is 10.9. The average molecular weight is 458 g/mol. The van der Waals surface area contributed by atoms with Crippen LogP contribution in [0, 0.1) is 20.9 Å². The molecule has 0 spiro atoms. The normalized spacial score (nSPS) is 23.2. The number of nitrogens with one attached hydrogen (secondary N) is 1. The lowest BCUT2D eigenvalue weighted by atomic mass is 9.65. The monoisotopic (exact) mass is 457 g/mol. The van der Waals surface area contributed by atoms with Gasteiger partial charge in [-0.15, -0.1) is 0 Å². The molecule has 2 atom stereocenters. The minimum Gasteiger partial charge on any atom is -0.353 e. The van der Waals surface area contributed by atoms with Crippen molar-refractivity contribution in [2.45, 2.75) is 52.1 Å². The fraction of sp³-hybridized carbons (Fsp3) is 0.407. The van der Waals surface area contributed by atoms with E-state index in [0.29, 0.717) is 5.82 Å². The molecule has 1 saturated carbocycles. The van der Waals surface area contributed by atoms with Gasteiger partial charge in [0.2, 0.25) is 11.6 Å². The molecule has 7 heteroatoms. The molecule has 2 bridgehead atoms. The second-order valence-electron chi connectivity index (χ2n) is 10.9. The Morgan fingerprint density at radius 3 is 2.21 bits per heavy atom. The van der Waals surface area contributed by atoms with Crippen molar-refractivity contribution in [1.29, 1.82) is 0 Å². The molecule has 2 unspecified atom stereocenters. The summed E-state index contributed by atoms with van der Waals surface area (Å²) in [4.78, 5) is 23.1. The Bertz CT molecular complexity index is 1140. The number of benzene rings is 2. The van der Waals surface area contributed by atoms with Gasteiger partial charge in [-0.2, -0.15) is 0 Å². The summed E-state index contributed by atoms with van der Waals surface area (Å²) in [5.41, 5.74) is 2.31. The number of aromatic nitrogens is 2. The minimum absolute atomic E-state index is 0.0479. The van der Waals surface area contributed by atoms with Gasteiger partial charge < -0.3 is 10.2 Å². The Kier molecular flexibility index (Phi) is 5.50. The SMILES string of the molecule is CC1(C)CC2CC(C)(CN2c2ncnc(NC(c3ccccc3)c3ccccc3)c2[N+](=O)[O-])C1. The van der Waals surface area contributed by atoms with Crippen molar-refractivity contribution in [1.82, 2.24) is 9.97 Å². The van der Waals surface area contributed by atoms with Gasteiger partial charge in [0.05, 0.1) is 11.0 Å². The summed E-state index contributed by atoms with van der Waals surface area (Å²) >= 11 is 0. The van der Waals surface area contributed by atoms with E-state index in [1.807, 2.05) is 60.7 Å². The highest BCUT2D eigenvalue weighted by molar-refractivity contribution is 5.72. The Labute approximate surface area is 200 Å². The lowest BCUT2D eigenvalue weighted by Crippen LogP contribution is -2.35. The minimum atomic E-state index is -0.333. The standard InChI is InChI=1S/C27H31N5O2/c1-26(2)14-21-15-27(3,16-26)17-31(21)25-23(32(33)34)24(28-18-29-25)30-22(19-10-6-4-7-11-19)20-12-8-5-9-13-20/h4-13,18,21-22H,14-17H2,1-3H3,(H,28,29,30). The van der Waals surface area contributed by atoms with Crippen LogP contribution in [0.1, 0.15) is 57.2 Å². The molecule has 1 N–H and O–H groups in total. The van der Waals surface area contributed by atoms with Gasteiger partial charge in [-0.05, 0) is 41.2 Å². The first kappa shape index (κ1) is 22.3. The Balaban J connectivity index is 1.56. The van der Waals surface area contributed by atoms with Gasteiger partial charge in [0, 0.05) is 12.6 Å². The van der Waals surface area contributed by atoms with Gasteiger partial charge >= 0.3 is 5.69 Å². The van der Waals surface area contributed by atoms with Crippen LogP contribution in [0.25, 0.3) is 0 Å².